The highest BCUT2D eigenvalue weighted by atomic mass is 79.9. The number of benzene rings is 1. The predicted molar refractivity (Wildman–Crippen MR) is 79.9 cm³/mol. The fourth-order valence-electron chi connectivity index (χ4n) is 2.19. The SMILES string of the molecule is ClCCc1nc2cc(Br)ccc2n1CCc1ncno1. The Labute approximate surface area is 129 Å². The molecule has 0 aliphatic heterocycles. The third-order valence-corrected chi connectivity index (χ3v) is 3.75. The maximum atomic E-state index is 5.86. The normalized spacial score (nSPS) is 11.3. The molecule has 0 amide bonds. The van der Waals surface area contributed by atoms with Crippen LogP contribution in [0.4, 0.5) is 0 Å². The van der Waals surface area contributed by atoms with E-state index in [1.807, 2.05) is 12.1 Å². The maximum absolute atomic E-state index is 5.86. The molecule has 2 aromatic heterocycles. The Kier molecular flexibility index (Phi) is 4.03. The van der Waals surface area contributed by atoms with E-state index in [-0.39, 0.29) is 0 Å². The van der Waals surface area contributed by atoms with Crippen LogP contribution >= 0.6 is 27.5 Å². The lowest BCUT2D eigenvalue weighted by molar-refractivity contribution is 0.371. The summed E-state index contributed by atoms with van der Waals surface area (Å²) in [6.07, 6.45) is 2.83. The van der Waals surface area contributed by atoms with Gasteiger partial charge in [-0.25, -0.2) is 4.98 Å². The van der Waals surface area contributed by atoms with E-state index in [1.165, 1.54) is 6.33 Å². The molecule has 0 N–H and O–H groups in total. The minimum atomic E-state index is 0.547. The van der Waals surface area contributed by atoms with E-state index in [4.69, 9.17) is 16.1 Å². The number of nitrogens with zero attached hydrogens (tertiary/aromatic N) is 4. The molecule has 3 rings (SSSR count). The second-order valence-electron chi connectivity index (χ2n) is 4.34. The Balaban J connectivity index is 1.95. The van der Waals surface area contributed by atoms with Crippen LogP contribution in [0.25, 0.3) is 11.0 Å². The smallest absolute Gasteiger partial charge is 0.228 e. The molecule has 7 heteroatoms. The van der Waals surface area contributed by atoms with E-state index < -0.39 is 0 Å². The number of aromatic nitrogens is 4. The summed E-state index contributed by atoms with van der Waals surface area (Å²) < 4.78 is 8.21. The largest absolute Gasteiger partial charge is 0.340 e. The molecular formula is C13H12BrClN4O. The monoisotopic (exact) mass is 354 g/mol. The summed E-state index contributed by atoms with van der Waals surface area (Å²) in [4.78, 5) is 8.69. The Morgan fingerprint density at radius 1 is 1.30 bits per heavy atom. The zero-order chi connectivity index (χ0) is 13.9. The van der Waals surface area contributed by atoms with Crippen LogP contribution in [0.2, 0.25) is 0 Å². The van der Waals surface area contributed by atoms with Gasteiger partial charge in [0.25, 0.3) is 0 Å². The first-order valence-corrected chi connectivity index (χ1v) is 7.57. The molecule has 0 bridgehead atoms. The Morgan fingerprint density at radius 3 is 2.95 bits per heavy atom. The van der Waals surface area contributed by atoms with Gasteiger partial charge in [-0.3, -0.25) is 0 Å². The van der Waals surface area contributed by atoms with E-state index in [0.29, 0.717) is 18.2 Å². The average molecular weight is 356 g/mol. The molecule has 5 nitrogen and oxygen atoms in total. The molecule has 0 saturated heterocycles. The molecule has 0 aliphatic carbocycles. The van der Waals surface area contributed by atoms with Crippen molar-refractivity contribution in [3.8, 4) is 0 Å². The van der Waals surface area contributed by atoms with Crippen molar-refractivity contribution < 1.29 is 4.52 Å². The average Bonchev–Trinajstić information content (AvgIpc) is 3.04. The van der Waals surface area contributed by atoms with Gasteiger partial charge in [-0.1, -0.05) is 21.1 Å². The molecule has 0 spiro atoms. The summed E-state index contributed by atoms with van der Waals surface area (Å²) in [5.41, 5.74) is 2.05. The van der Waals surface area contributed by atoms with E-state index in [2.05, 4.69) is 41.7 Å². The van der Waals surface area contributed by atoms with Gasteiger partial charge in [0, 0.05) is 29.7 Å². The minimum absolute atomic E-state index is 0.547. The number of hydrogen-bond acceptors (Lipinski definition) is 4. The summed E-state index contributed by atoms with van der Waals surface area (Å²) in [5.74, 6) is 2.15. The van der Waals surface area contributed by atoms with E-state index in [9.17, 15) is 0 Å². The first-order chi connectivity index (χ1) is 9.78. The van der Waals surface area contributed by atoms with Crippen molar-refractivity contribution in [3.63, 3.8) is 0 Å². The van der Waals surface area contributed by atoms with E-state index >= 15 is 0 Å². The number of fused-ring (bicyclic) bond motifs is 1. The maximum Gasteiger partial charge on any atom is 0.228 e. The molecule has 20 heavy (non-hydrogen) atoms. The van der Waals surface area contributed by atoms with Gasteiger partial charge in [-0.15, -0.1) is 11.6 Å². The first-order valence-electron chi connectivity index (χ1n) is 6.24. The standard InChI is InChI=1S/C13H12BrClN4O/c14-9-1-2-11-10(7-9)18-12(3-5-15)19(11)6-4-13-16-8-17-20-13/h1-2,7-8H,3-6H2. The van der Waals surface area contributed by atoms with Crippen molar-refractivity contribution in [1.29, 1.82) is 0 Å². The highest BCUT2D eigenvalue weighted by Gasteiger charge is 2.11. The molecule has 3 aromatic rings. The lowest BCUT2D eigenvalue weighted by Gasteiger charge is -2.06. The molecule has 0 fully saturated rings. The van der Waals surface area contributed by atoms with Crippen molar-refractivity contribution in [2.24, 2.45) is 0 Å². The Hall–Kier alpha value is -1.40. The lowest BCUT2D eigenvalue weighted by Crippen LogP contribution is -2.07. The molecule has 104 valence electrons. The lowest BCUT2D eigenvalue weighted by atomic mass is 10.3. The number of alkyl halides is 1. The van der Waals surface area contributed by atoms with Crippen molar-refractivity contribution in [3.05, 3.63) is 40.7 Å². The molecule has 0 radical (unpaired) electrons. The molecule has 1 aromatic carbocycles. The van der Waals surface area contributed by atoms with Crippen molar-refractivity contribution in [2.45, 2.75) is 19.4 Å². The van der Waals surface area contributed by atoms with Crippen LogP contribution in [-0.4, -0.2) is 25.6 Å². The molecule has 0 unspecified atom stereocenters. The van der Waals surface area contributed by atoms with Gasteiger partial charge in [0.1, 0.15) is 5.82 Å². The molecule has 0 saturated carbocycles. The Morgan fingerprint density at radius 2 is 2.20 bits per heavy atom. The highest BCUT2D eigenvalue weighted by molar-refractivity contribution is 9.10. The molecule has 2 heterocycles. The second-order valence-corrected chi connectivity index (χ2v) is 5.63. The van der Waals surface area contributed by atoms with E-state index in [1.54, 1.807) is 0 Å². The highest BCUT2D eigenvalue weighted by Crippen LogP contribution is 2.22. The van der Waals surface area contributed by atoms with E-state index in [0.717, 1.165) is 34.3 Å². The van der Waals surface area contributed by atoms with Gasteiger partial charge < -0.3 is 9.09 Å². The van der Waals surface area contributed by atoms with Crippen LogP contribution in [0.1, 0.15) is 11.7 Å². The van der Waals surface area contributed by atoms with Gasteiger partial charge in [-0.05, 0) is 18.2 Å². The molecular weight excluding hydrogens is 344 g/mol. The summed E-state index contributed by atoms with van der Waals surface area (Å²) in [6, 6.07) is 6.08. The second kappa shape index (κ2) is 5.93. The number of imidazole rings is 1. The third-order valence-electron chi connectivity index (χ3n) is 3.06. The van der Waals surface area contributed by atoms with Gasteiger partial charge in [0.15, 0.2) is 6.33 Å². The van der Waals surface area contributed by atoms with Crippen LogP contribution in [0.3, 0.4) is 0 Å². The van der Waals surface area contributed by atoms with Crippen LogP contribution in [0, 0.1) is 0 Å². The van der Waals surface area contributed by atoms with Crippen molar-refractivity contribution in [1.82, 2.24) is 19.7 Å². The fraction of sp³-hybridized carbons (Fsp3) is 0.308. The first kappa shape index (κ1) is 13.6. The molecule has 0 aliphatic rings. The number of aryl methyl sites for hydroxylation is 3. The third kappa shape index (κ3) is 2.71. The molecule has 0 atom stereocenters. The van der Waals surface area contributed by atoms with Crippen LogP contribution in [-0.2, 0) is 19.4 Å². The van der Waals surface area contributed by atoms with Gasteiger partial charge in [-0.2, -0.15) is 4.98 Å². The zero-order valence-electron chi connectivity index (χ0n) is 10.6. The van der Waals surface area contributed by atoms with Crippen molar-refractivity contribution in [2.75, 3.05) is 5.88 Å². The summed E-state index contributed by atoms with van der Waals surface area (Å²) in [6.45, 7) is 0.743. The number of rotatable bonds is 5. The van der Waals surface area contributed by atoms with Crippen LogP contribution < -0.4 is 0 Å². The Bertz CT molecular complexity index is 711. The summed E-state index contributed by atoms with van der Waals surface area (Å²) in [7, 11) is 0. The quantitative estimate of drug-likeness (QED) is 0.660. The topological polar surface area (TPSA) is 56.7 Å². The van der Waals surface area contributed by atoms with Crippen molar-refractivity contribution >= 4 is 38.6 Å². The van der Waals surface area contributed by atoms with Crippen LogP contribution in [0.15, 0.2) is 33.5 Å². The van der Waals surface area contributed by atoms with Gasteiger partial charge >= 0.3 is 0 Å². The number of halogens is 2. The van der Waals surface area contributed by atoms with Gasteiger partial charge in [0.05, 0.1) is 11.0 Å². The minimum Gasteiger partial charge on any atom is -0.340 e. The van der Waals surface area contributed by atoms with Gasteiger partial charge in [0.2, 0.25) is 5.89 Å². The number of hydrogen-bond donors (Lipinski definition) is 0. The van der Waals surface area contributed by atoms with Crippen LogP contribution in [0.5, 0.6) is 0 Å². The fourth-order valence-corrected chi connectivity index (χ4v) is 2.71. The summed E-state index contributed by atoms with van der Waals surface area (Å²) in [5, 5.41) is 3.62. The predicted octanol–water partition coefficient (Wildman–Crippen LogP) is 3.21. The summed E-state index contributed by atoms with van der Waals surface area (Å²) >= 11 is 9.33. The zero-order valence-corrected chi connectivity index (χ0v) is 12.9.